The number of rotatable bonds is 2. The molecule has 2 rings (SSSR count). The Labute approximate surface area is 108 Å². The lowest BCUT2D eigenvalue weighted by atomic mass is 10.3. The molecule has 6 heteroatoms. The van der Waals surface area contributed by atoms with Gasteiger partial charge in [0.2, 0.25) is 0 Å². The summed E-state index contributed by atoms with van der Waals surface area (Å²) < 4.78 is 0. The molecule has 2 aromatic rings. The number of nitrogens with one attached hydrogen (secondary N) is 1. The van der Waals surface area contributed by atoms with Crippen LogP contribution in [-0.2, 0) is 0 Å². The first kappa shape index (κ1) is 11.8. The van der Waals surface area contributed by atoms with Gasteiger partial charge in [0.1, 0.15) is 0 Å². The highest BCUT2D eigenvalue weighted by Crippen LogP contribution is 2.25. The SMILES string of the molecule is O=C(Nc1ccc(Cl)cc1Cl)c1cccnn1. The Hall–Kier alpha value is -1.65. The van der Waals surface area contributed by atoms with Gasteiger partial charge in [0.25, 0.3) is 5.91 Å². The van der Waals surface area contributed by atoms with Crippen LogP contribution in [0.4, 0.5) is 5.69 Å². The summed E-state index contributed by atoms with van der Waals surface area (Å²) in [6.07, 6.45) is 1.49. The molecule has 0 saturated heterocycles. The number of carbonyl (C=O) groups excluding carboxylic acids is 1. The van der Waals surface area contributed by atoms with Crippen LogP contribution < -0.4 is 5.32 Å². The molecule has 1 amide bonds. The van der Waals surface area contributed by atoms with Gasteiger partial charge in [0.05, 0.1) is 10.7 Å². The zero-order valence-electron chi connectivity index (χ0n) is 8.52. The lowest BCUT2D eigenvalue weighted by molar-refractivity contribution is 0.102. The topological polar surface area (TPSA) is 54.9 Å². The fourth-order valence-corrected chi connectivity index (χ4v) is 1.66. The maximum Gasteiger partial charge on any atom is 0.276 e. The number of anilines is 1. The smallest absolute Gasteiger partial charge is 0.276 e. The molecule has 1 heterocycles. The standard InChI is InChI=1S/C11H7Cl2N3O/c12-7-3-4-9(8(13)6-7)15-11(17)10-2-1-5-14-16-10/h1-6H,(H,15,17). The molecule has 4 nitrogen and oxygen atoms in total. The molecule has 0 spiro atoms. The predicted molar refractivity (Wildman–Crippen MR) is 66.4 cm³/mol. The van der Waals surface area contributed by atoms with Crippen LogP contribution in [0.1, 0.15) is 10.5 Å². The Kier molecular flexibility index (Phi) is 3.56. The third kappa shape index (κ3) is 2.93. The van der Waals surface area contributed by atoms with Gasteiger partial charge in [0, 0.05) is 11.2 Å². The number of amides is 1. The number of carbonyl (C=O) groups is 1. The van der Waals surface area contributed by atoms with E-state index >= 15 is 0 Å². The van der Waals surface area contributed by atoms with Crippen molar-refractivity contribution < 1.29 is 4.79 Å². The number of nitrogens with zero attached hydrogens (tertiary/aromatic N) is 2. The molecule has 1 aromatic heterocycles. The Morgan fingerprint density at radius 1 is 1.24 bits per heavy atom. The minimum Gasteiger partial charge on any atom is -0.319 e. The quantitative estimate of drug-likeness (QED) is 0.910. The van der Waals surface area contributed by atoms with Crippen molar-refractivity contribution in [2.24, 2.45) is 0 Å². The summed E-state index contributed by atoms with van der Waals surface area (Å²) in [6, 6.07) is 8.01. The average Bonchev–Trinajstić information content (AvgIpc) is 2.34. The van der Waals surface area contributed by atoms with Crippen molar-refractivity contribution in [3.63, 3.8) is 0 Å². The van der Waals surface area contributed by atoms with Crippen molar-refractivity contribution in [3.8, 4) is 0 Å². The first-order valence-electron chi connectivity index (χ1n) is 4.71. The highest BCUT2D eigenvalue weighted by atomic mass is 35.5. The van der Waals surface area contributed by atoms with Gasteiger partial charge in [-0.25, -0.2) is 0 Å². The van der Waals surface area contributed by atoms with Crippen molar-refractivity contribution in [1.82, 2.24) is 10.2 Å². The minimum atomic E-state index is -0.373. The van der Waals surface area contributed by atoms with E-state index in [1.807, 2.05) is 0 Å². The molecular weight excluding hydrogens is 261 g/mol. The summed E-state index contributed by atoms with van der Waals surface area (Å²) >= 11 is 11.7. The van der Waals surface area contributed by atoms with Gasteiger partial charge in [-0.15, -0.1) is 5.10 Å². The fourth-order valence-electron chi connectivity index (χ4n) is 1.20. The lowest BCUT2D eigenvalue weighted by Crippen LogP contribution is -2.14. The maximum absolute atomic E-state index is 11.7. The Morgan fingerprint density at radius 2 is 2.06 bits per heavy atom. The summed E-state index contributed by atoms with van der Waals surface area (Å²) in [6.45, 7) is 0. The third-order valence-electron chi connectivity index (χ3n) is 1.98. The second-order valence-electron chi connectivity index (χ2n) is 3.19. The van der Waals surface area contributed by atoms with Crippen LogP contribution in [0.3, 0.4) is 0 Å². The normalized spacial score (nSPS) is 10.0. The highest BCUT2D eigenvalue weighted by Gasteiger charge is 2.09. The number of benzene rings is 1. The van der Waals surface area contributed by atoms with Gasteiger partial charge in [-0.1, -0.05) is 23.2 Å². The van der Waals surface area contributed by atoms with Gasteiger partial charge in [-0.3, -0.25) is 4.79 Å². The Balaban J connectivity index is 2.19. The van der Waals surface area contributed by atoms with E-state index in [0.717, 1.165) is 0 Å². The van der Waals surface area contributed by atoms with Gasteiger partial charge >= 0.3 is 0 Å². The minimum absolute atomic E-state index is 0.221. The lowest BCUT2D eigenvalue weighted by Gasteiger charge is -2.06. The molecule has 0 bridgehead atoms. The molecule has 0 aliphatic heterocycles. The number of hydrogen-bond donors (Lipinski definition) is 1. The summed E-state index contributed by atoms with van der Waals surface area (Å²) in [7, 11) is 0. The van der Waals surface area contributed by atoms with E-state index in [1.54, 1.807) is 30.3 Å². The summed E-state index contributed by atoms with van der Waals surface area (Å²) in [5.41, 5.74) is 0.699. The van der Waals surface area contributed by atoms with Crippen LogP contribution in [0.5, 0.6) is 0 Å². The number of aromatic nitrogens is 2. The van der Waals surface area contributed by atoms with E-state index in [-0.39, 0.29) is 11.6 Å². The number of hydrogen-bond acceptors (Lipinski definition) is 3. The Bertz CT molecular complexity index is 546. The zero-order chi connectivity index (χ0) is 12.3. The van der Waals surface area contributed by atoms with Crippen LogP contribution in [0.2, 0.25) is 10.0 Å². The second-order valence-corrected chi connectivity index (χ2v) is 4.03. The first-order chi connectivity index (χ1) is 8.16. The van der Waals surface area contributed by atoms with E-state index in [1.165, 1.54) is 6.20 Å². The van der Waals surface area contributed by atoms with Crippen LogP contribution in [0.15, 0.2) is 36.5 Å². The maximum atomic E-state index is 11.7. The average molecular weight is 268 g/mol. The molecule has 0 aliphatic carbocycles. The summed E-state index contributed by atoms with van der Waals surface area (Å²) in [5.74, 6) is -0.373. The molecule has 17 heavy (non-hydrogen) atoms. The van der Waals surface area contributed by atoms with E-state index in [2.05, 4.69) is 15.5 Å². The van der Waals surface area contributed by atoms with E-state index in [0.29, 0.717) is 15.7 Å². The van der Waals surface area contributed by atoms with E-state index < -0.39 is 0 Å². The fraction of sp³-hybridized carbons (Fsp3) is 0. The molecule has 0 aliphatic rings. The van der Waals surface area contributed by atoms with E-state index in [4.69, 9.17) is 23.2 Å². The summed E-state index contributed by atoms with van der Waals surface area (Å²) in [5, 5.41) is 10.8. The predicted octanol–water partition coefficient (Wildman–Crippen LogP) is 3.04. The van der Waals surface area contributed by atoms with E-state index in [9.17, 15) is 4.79 Å². The van der Waals surface area contributed by atoms with Crippen LogP contribution in [0.25, 0.3) is 0 Å². The molecule has 0 fully saturated rings. The molecule has 0 radical (unpaired) electrons. The third-order valence-corrected chi connectivity index (χ3v) is 2.53. The van der Waals surface area contributed by atoms with Gasteiger partial charge in [-0.2, -0.15) is 5.10 Å². The zero-order valence-corrected chi connectivity index (χ0v) is 10.0. The van der Waals surface area contributed by atoms with Gasteiger partial charge in [0.15, 0.2) is 5.69 Å². The van der Waals surface area contributed by atoms with Crippen LogP contribution >= 0.6 is 23.2 Å². The molecule has 86 valence electrons. The first-order valence-corrected chi connectivity index (χ1v) is 5.46. The van der Waals surface area contributed by atoms with Gasteiger partial charge in [-0.05, 0) is 30.3 Å². The molecule has 1 N–H and O–H groups in total. The van der Waals surface area contributed by atoms with Crippen molar-refractivity contribution in [2.45, 2.75) is 0 Å². The molecule has 0 atom stereocenters. The van der Waals surface area contributed by atoms with Crippen molar-refractivity contribution >= 4 is 34.8 Å². The van der Waals surface area contributed by atoms with Crippen LogP contribution in [0, 0.1) is 0 Å². The molecular formula is C11H7Cl2N3O. The highest BCUT2D eigenvalue weighted by molar-refractivity contribution is 6.36. The molecule has 0 unspecified atom stereocenters. The van der Waals surface area contributed by atoms with Crippen molar-refractivity contribution in [1.29, 1.82) is 0 Å². The van der Waals surface area contributed by atoms with Crippen molar-refractivity contribution in [3.05, 3.63) is 52.3 Å². The van der Waals surface area contributed by atoms with Crippen LogP contribution in [-0.4, -0.2) is 16.1 Å². The molecule has 0 saturated carbocycles. The second kappa shape index (κ2) is 5.12. The van der Waals surface area contributed by atoms with Gasteiger partial charge < -0.3 is 5.32 Å². The van der Waals surface area contributed by atoms with Crippen molar-refractivity contribution in [2.75, 3.05) is 5.32 Å². The summed E-state index contributed by atoms with van der Waals surface area (Å²) in [4.78, 5) is 11.7. The number of halogens is 2. The Morgan fingerprint density at radius 3 is 2.71 bits per heavy atom. The largest absolute Gasteiger partial charge is 0.319 e. The molecule has 1 aromatic carbocycles. The monoisotopic (exact) mass is 267 g/mol.